The van der Waals surface area contributed by atoms with Crippen molar-refractivity contribution in [3.05, 3.63) is 59.1 Å². The van der Waals surface area contributed by atoms with Crippen molar-refractivity contribution >= 4 is 57.7 Å². The molecule has 0 spiro atoms. The highest BCUT2D eigenvalue weighted by molar-refractivity contribution is 8.15. The minimum atomic E-state index is -1.29. The van der Waals surface area contributed by atoms with Crippen LogP contribution in [0.5, 0.6) is 0 Å². The molecule has 0 aliphatic carbocycles. The molecule has 1 fully saturated rings. The van der Waals surface area contributed by atoms with Crippen molar-refractivity contribution < 1.29 is 19.5 Å². The number of carbonyl (C=O) groups is 3. The fraction of sp³-hybridized carbons (Fsp3) is 0.158. The zero-order valence-electron chi connectivity index (χ0n) is 14.7. The van der Waals surface area contributed by atoms with E-state index < -0.39 is 11.2 Å². The van der Waals surface area contributed by atoms with Gasteiger partial charge in [-0.15, -0.1) is 0 Å². The Kier molecular flexibility index (Phi) is 6.01. The second kappa shape index (κ2) is 8.45. The van der Waals surface area contributed by atoms with Crippen LogP contribution in [0.25, 0.3) is 0 Å². The van der Waals surface area contributed by atoms with Gasteiger partial charge in [0.05, 0.1) is 11.7 Å². The average Bonchev–Trinajstić information content (AvgIpc) is 2.67. The fourth-order valence-corrected chi connectivity index (χ4v) is 3.63. The Morgan fingerprint density at radius 2 is 1.82 bits per heavy atom. The van der Waals surface area contributed by atoms with Gasteiger partial charge in [0.1, 0.15) is 5.25 Å². The SMILES string of the molecule is CN1C(=O)C[C@H](C(=O)Nc2ccc(C(=O)[O-])cc2)SC1=Nc1ccc(Cl)cc1. The number of hydrogen-bond donors (Lipinski definition) is 1. The van der Waals surface area contributed by atoms with Gasteiger partial charge in [0.15, 0.2) is 5.17 Å². The number of amides is 2. The summed E-state index contributed by atoms with van der Waals surface area (Å²) in [6.45, 7) is 0. The Hall–Kier alpha value is -2.84. The quantitative estimate of drug-likeness (QED) is 0.823. The smallest absolute Gasteiger partial charge is 0.238 e. The molecular formula is C19H15ClN3O4S-. The van der Waals surface area contributed by atoms with E-state index in [1.807, 2.05) is 0 Å². The van der Waals surface area contributed by atoms with Gasteiger partial charge < -0.3 is 15.2 Å². The van der Waals surface area contributed by atoms with Gasteiger partial charge in [-0.2, -0.15) is 0 Å². The van der Waals surface area contributed by atoms with Crippen LogP contribution in [0.15, 0.2) is 53.5 Å². The Bertz CT molecular complexity index is 945. The molecule has 0 saturated carbocycles. The number of carboxylic acids is 1. The number of hydrogen-bond acceptors (Lipinski definition) is 6. The minimum absolute atomic E-state index is 0.0132. The number of anilines is 1. The van der Waals surface area contributed by atoms with Crippen molar-refractivity contribution in [3.8, 4) is 0 Å². The van der Waals surface area contributed by atoms with Crippen molar-refractivity contribution in [1.29, 1.82) is 0 Å². The molecule has 1 heterocycles. The molecule has 1 N–H and O–H groups in total. The van der Waals surface area contributed by atoms with E-state index in [-0.39, 0.29) is 23.8 Å². The molecule has 2 aromatic rings. The molecule has 1 saturated heterocycles. The third-order valence-corrected chi connectivity index (χ3v) is 5.49. The van der Waals surface area contributed by atoms with Crippen LogP contribution in [0.1, 0.15) is 16.8 Å². The van der Waals surface area contributed by atoms with Crippen LogP contribution in [-0.2, 0) is 9.59 Å². The van der Waals surface area contributed by atoms with Gasteiger partial charge in [-0.05, 0) is 42.0 Å². The highest BCUT2D eigenvalue weighted by atomic mass is 35.5. The van der Waals surface area contributed by atoms with Crippen LogP contribution in [0.4, 0.5) is 11.4 Å². The Labute approximate surface area is 170 Å². The highest BCUT2D eigenvalue weighted by Gasteiger charge is 2.34. The first kappa shape index (κ1) is 19.9. The van der Waals surface area contributed by atoms with E-state index in [4.69, 9.17) is 11.6 Å². The van der Waals surface area contributed by atoms with E-state index in [2.05, 4.69) is 10.3 Å². The lowest BCUT2D eigenvalue weighted by Crippen LogP contribution is -2.43. The second-order valence-corrected chi connectivity index (χ2v) is 7.59. The molecule has 144 valence electrons. The van der Waals surface area contributed by atoms with Gasteiger partial charge in [-0.3, -0.25) is 14.5 Å². The Morgan fingerprint density at radius 1 is 1.18 bits per heavy atom. The Balaban J connectivity index is 1.74. The number of nitrogens with one attached hydrogen (secondary N) is 1. The molecule has 7 nitrogen and oxygen atoms in total. The number of rotatable bonds is 4. The number of nitrogens with zero attached hydrogens (tertiary/aromatic N) is 2. The van der Waals surface area contributed by atoms with E-state index in [0.29, 0.717) is 21.6 Å². The monoisotopic (exact) mass is 416 g/mol. The maximum Gasteiger partial charge on any atom is 0.238 e. The molecule has 1 atom stereocenters. The molecule has 1 aliphatic heterocycles. The van der Waals surface area contributed by atoms with Crippen molar-refractivity contribution in [3.63, 3.8) is 0 Å². The summed E-state index contributed by atoms with van der Waals surface area (Å²) in [5.74, 6) is -1.88. The van der Waals surface area contributed by atoms with E-state index >= 15 is 0 Å². The third-order valence-electron chi connectivity index (χ3n) is 4.00. The standard InChI is InChI=1S/C19H16ClN3O4S/c1-23-16(24)10-15(28-19(23)22-14-8-4-12(20)5-9-14)17(25)21-13-6-2-11(3-7-13)18(26)27/h2-9,15H,10H2,1H3,(H,21,25)(H,26,27)/p-1/t15-/m1/s1. The molecule has 2 amide bonds. The largest absolute Gasteiger partial charge is 0.545 e. The molecule has 9 heteroatoms. The van der Waals surface area contributed by atoms with Gasteiger partial charge in [-0.1, -0.05) is 35.5 Å². The zero-order chi connectivity index (χ0) is 20.3. The number of carbonyl (C=O) groups excluding carboxylic acids is 3. The molecule has 0 aromatic heterocycles. The lowest BCUT2D eigenvalue weighted by Gasteiger charge is -2.28. The first-order valence-corrected chi connectivity index (χ1v) is 9.49. The molecule has 0 bridgehead atoms. The van der Waals surface area contributed by atoms with Gasteiger partial charge in [-0.25, -0.2) is 4.99 Å². The summed E-state index contributed by atoms with van der Waals surface area (Å²) in [6, 6.07) is 12.4. The topological polar surface area (TPSA) is 102 Å². The van der Waals surface area contributed by atoms with E-state index in [1.54, 1.807) is 31.3 Å². The minimum Gasteiger partial charge on any atom is -0.545 e. The molecule has 0 unspecified atom stereocenters. The van der Waals surface area contributed by atoms with Crippen molar-refractivity contribution in [2.75, 3.05) is 12.4 Å². The van der Waals surface area contributed by atoms with Crippen LogP contribution in [0.2, 0.25) is 5.02 Å². The molecule has 0 radical (unpaired) electrons. The average molecular weight is 417 g/mol. The summed E-state index contributed by atoms with van der Waals surface area (Å²) in [4.78, 5) is 41.5. The van der Waals surface area contributed by atoms with Gasteiger partial charge >= 0.3 is 0 Å². The second-order valence-electron chi connectivity index (χ2n) is 5.99. The van der Waals surface area contributed by atoms with Gasteiger partial charge in [0.25, 0.3) is 0 Å². The number of amidine groups is 1. The number of thioether (sulfide) groups is 1. The van der Waals surface area contributed by atoms with Crippen LogP contribution < -0.4 is 10.4 Å². The number of aromatic carboxylic acids is 1. The summed E-state index contributed by atoms with van der Waals surface area (Å²) in [5.41, 5.74) is 1.06. The third kappa shape index (κ3) is 4.71. The predicted octanol–water partition coefficient (Wildman–Crippen LogP) is 2.29. The van der Waals surface area contributed by atoms with Gasteiger partial charge in [0, 0.05) is 24.2 Å². The van der Waals surface area contributed by atoms with Crippen molar-refractivity contribution in [2.24, 2.45) is 4.99 Å². The molecule has 2 aromatic carbocycles. The van der Waals surface area contributed by atoms with Gasteiger partial charge in [0.2, 0.25) is 11.8 Å². The summed E-state index contributed by atoms with van der Waals surface area (Å²) < 4.78 is 0. The van der Waals surface area contributed by atoms with Crippen LogP contribution in [-0.4, -0.2) is 40.1 Å². The fourth-order valence-electron chi connectivity index (χ4n) is 2.44. The molecule has 28 heavy (non-hydrogen) atoms. The maximum absolute atomic E-state index is 12.6. The molecular weight excluding hydrogens is 402 g/mol. The van der Waals surface area contributed by atoms with E-state index in [0.717, 1.165) is 0 Å². The first-order chi connectivity index (χ1) is 13.3. The lowest BCUT2D eigenvalue weighted by molar-refractivity contribution is -0.255. The number of benzene rings is 2. The van der Waals surface area contributed by atoms with E-state index in [9.17, 15) is 19.5 Å². The van der Waals surface area contributed by atoms with Crippen LogP contribution in [0, 0.1) is 0 Å². The summed E-state index contributed by atoms with van der Waals surface area (Å²) >= 11 is 7.05. The van der Waals surface area contributed by atoms with Crippen LogP contribution >= 0.6 is 23.4 Å². The Morgan fingerprint density at radius 3 is 2.43 bits per heavy atom. The summed E-state index contributed by atoms with van der Waals surface area (Å²) in [6.07, 6.45) is 0.0315. The number of halogens is 1. The van der Waals surface area contributed by atoms with Crippen molar-refractivity contribution in [1.82, 2.24) is 4.90 Å². The lowest BCUT2D eigenvalue weighted by atomic mass is 10.2. The maximum atomic E-state index is 12.6. The van der Waals surface area contributed by atoms with E-state index in [1.165, 1.54) is 40.9 Å². The normalized spacial score (nSPS) is 18.2. The predicted molar refractivity (Wildman–Crippen MR) is 107 cm³/mol. The molecule has 3 rings (SSSR count). The van der Waals surface area contributed by atoms with Crippen LogP contribution in [0.3, 0.4) is 0 Å². The van der Waals surface area contributed by atoms with Crippen molar-refractivity contribution in [2.45, 2.75) is 11.7 Å². The highest BCUT2D eigenvalue weighted by Crippen LogP contribution is 2.29. The number of carboxylic acid groups (broad SMARTS) is 1. The first-order valence-electron chi connectivity index (χ1n) is 8.23. The number of aliphatic imine (C=N–C) groups is 1. The summed E-state index contributed by atoms with van der Waals surface area (Å²) in [5, 5.41) is 13.8. The summed E-state index contributed by atoms with van der Waals surface area (Å²) in [7, 11) is 1.61. The zero-order valence-corrected chi connectivity index (χ0v) is 16.3. The molecule has 1 aliphatic rings.